The highest BCUT2D eigenvalue weighted by atomic mass is 35.5. The van der Waals surface area contributed by atoms with Crippen LogP contribution in [0.5, 0.6) is 0 Å². The van der Waals surface area contributed by atoms with Crippen LogP contribution in [-0.4, -0.2) is 18.0 Å². The lowest BCUT2D eigenvalue weighted by atomic mass is 10.3. The molecule has 7 heteroatoms. The largest absolute Gasteiger partial charge is 0.370 e. The Labute approximate surface area is 146 Å². The smallest absolute Gasteiger partial charge is 0.323 e. The Hall–Kier alpha value is -2.73. The summed E-state index contributed by atoms with van der Waals surface area (Å²) in [5.41, 5.74) is 7.88. The van der Waals surface area contributed by atoms with Crippen LogP contribution in [0.25, 0.3) is 0 Å². The molecule has 0 aliphatic rings. The van der Waals surface area contributed by atoms with Gasteiger partial charge < -0.3 is 21.7 Å². The molecule has 2 amide bonds. The Balaban J connectivity index is 1.91. The molecule has 2 aromatic rings. The van der Waals surface area contributed by atoms with Crippen LogP contribution in [0.2, 0.25) is 5.02 Å². The highest BCUT2D eigenvalue weighted by Gasteiger charge is 2.03. The summed E-state index contributed by atoms with van der Waals surface area (Å²) in [5.74, 6) is 0.353. The number of rotatable bonds is 4. The van der Waals surface area contributed by atoms with Crippen molar-refractivity contribution in [2.24, 2.45) is 10.7 Å². The number of halogens is 1. The SMILES string of the molecule is CC(C)N=C(N)Nc1ccc(NC(=O)Nc2ccc(Cl)cc2)cc1. The first kappa shape index (κ1) is 17.6. The normalized spacial score (nSPS) is 11.2. The van der Waals surface area contributed by atoms with Gasteiger partial charge in [-0.2, -0.15) is 0 Å². The molecule has 2 rings (SSSR count). The van der Waals surface area contributed by atoms with E-state index < -0.39 is 0 Å². The minimum atomic E-state index is -0.334. The summed E-state index contributed by atoms with van der Waals surface area (Å²) in [6, 6.07) is 13.8. The monoisotopic (exact) mass is 345 g/mol. The fourth-order valence-electron chi connectivity index (χ4n) is 1.92. The Kier molecular flexibility index (Phi) is 6.03. The Morgan fingerprint density at radius 3 is 1.79 bits per heavy atom. The number of guanidine groups is 1. The van der Waals surface area contributed by atoms with Crippen LogP contribution in [-0.2, 0) is 0 Å². The molecule has 6 nitrogen and oxygen atoms in total. The predicted octanol–water partition coefficient (Wildman–Crippen LogP) is 4.12. The second kappa shape index (κ2) is 8.21. The van der Waals surface area contributed by atoms with E-state index in [4.69, 9.17) is 17.3 Å². The van der Waals surface area contributed by atoms with E-state index >= 15 is 0 Å². The molecular formula is C17H20ClN5O. The highest BCUT2D eigenvalue weighted by Crippen LogP contribution is 2.16. The number of urea groups is 1. The second-order valence-electron chi connectivity index (χ2n) is 5.40. The zero-order chi connectivity index (χ0) is 17.5. The van der Waals surface area contributed by atoms with E-state index in [2.05, 4.69) is 20.9 Å². The van der Waals surface area contributed by atoms with Crippen LogP contribution in [0, 0.1) is 0 Å². The van der Waals surface area contributed by atoms with Gasteiger partial charge in [-0.3, -0.25) is 4.99 Å². The van der Waals surface area contributed by atoms with Crippen molar-refractivity contribution in [3.8, 4) is 0 Å². The summed E-state index contributed by atoms with van der Waals surface area (Å²) >= 11 is 5.80. The molecule has 0 aliphatic heterocycles. The minimum Gasteiger partial charge on any atom is -0.370 e. The number of anilines is 3. The van der Waals surface area contributed by atoms with Crippen molar-refractivity contribution in [3.05, 3.63) is 53.6 Å². The second-order valence-corrected chi connectivity index (χ2v) is 5.83. The number of carbonyl (C=O) groups is 1. The van der Waals surface area contributed by atoms with Gasteiger partial charge in [-0.15, -0.1) is 0 Å². The number of amides is 2. The van der Waals surface area contributed by atoms with E-state index in [-0.39, 0.29) is 12.1 Å². The zero-order valence-corrected chi connectivity index (χ0v) is 14.3. The highest BCUT2D eigenvalue weighted by molar-refractivity contribution is 6.30. The molecule has 0 heterocycles. The fourth-order valence-corrected chi connectivity index (χ4v) is 2.05. The first-order chi connectivity index (χ1) is 11.4. The first-order valence-corrected chi connectivity index (χ1v) is 7.84. The van der Waals surface area contributed by atoms with E-state index in [1.165, 1.54) is 0 Å². The van der Waals surface area contributed by atoms with E-state index in [9.17, 15) is 4.79 Å². The summed E-state index contributed by atoms with van der Waals surface area (Å²) in [6.07, 6.45) is 0. The summed E-state index contributed by atoms with van der Waals surface area (Å²) < 4.78 is 0. The van der Waals surface area contributed by atoms with E-state index in [1.54, 1.807) is 48.5 Å². The lowest BCUT2D eigenvalue weighted by molar-refractivity contribution is 0.262. The number of aliphatic imine (C=N–C) groups is 1. The molecule has 0 spiro atoms. The number of nitrogens with zero attached hydrogens (tertiary/aromatic N) is 1. The van der Waals surface area contributed by atoms with Crippen molar-refractivity contribution in [2.45, 2.75) is 19.9 Å². The summed E-state index contributed by atoms with van der Waals surface area (Å²) in [6.45, 7) is 3.89. The quantitative estimate of drug-likeness (QED) is 0.496. The van der Waals surface area contributed by atoms with Crippen LogP contribution < -0.4 is 21.7 Å². The van der Waals surface area contributed by atoms with Crippen molar-refractivity contribution in [3.63, 3.8) is 0 Å². The topological polar surface area (TPSA) is 91.5 Å². The summed E-state index contributed by atoms with van der Waals surface area (Å²) in [4.78, 5) is 16.1. The lowest BCUT2D eigenvalue weighted by Crippen LogP contribution is -2.24. The molecule has 0 atom stereocenters. The fraction of sp³-hybridized carbons (Fsp3) is 0.176. The molecule has 2 aromatic carbocycles. The van der Waals surface area contributed by atoms with Crippen LogP contribution in [0.1, 0.15) is 13.8 Å². The number of carbonyl (C=O) groups excluding carboxylic acids is 1. The van der Waals surface area contributed by atoms with Gasteiger partial charge in [0.25, 0.3) is 0 Å². The average Bonchev–Trinajstić information content (AvgIpc) is 2.51. The number of benzene rings is 2. The van der Waals surface area contributed by atoms with Gasteiger partial charge >= 0.3 is 6.03 Å². The summed E-state index contributed by atoms with van der Waals surface area (Å²) in [5, 5.41) is 9.07. The molecular weight excluding hydrogens is 326 g/mol. The predicted molar refractivity (Wildman–Crippen MR) is 101 cm³/mol. The van der Waals surface area contributed by atoms with Gasteiger partial charge in [0.15, 0.2) is 5.96 Å². The third-order valence-corrected chi connectivity index (χ3v) is 3.17. The molecule has 0 aromatic heterocycles. The first-order valence-electron chi connectivity index (χ1n) is 7.46. The average molecular weight is 346 g/mol. The van der Waals surface area contributed by atoms with Crippen molar-refractivity contribution in [2.75, 3.05) is 16.0 Å². The molecule has 0 radical (unpaired) electrons. The van der Waals surface area contributed by atoms with Crippen LogP contribution in [0.15, 0.2) is 53.5 Å². The van der Waals surface area contributed by atoms with Crippen molar-refractivity contribution in [1.82, 2.24) is 0 Å². The third-order valence-electron chi connectivity index (χ3n) is 2.91. The van der Waals surface area contributed by atoms with Gasteiger partial charge in [-0.25, -0.2) is 4.79 Å². The van der Waals surface area contributed by atoms with Crippen LogP contribution in [0.4, 0.5) is 21.9 Å². The number of hydrogen-bond acceptors (Lipinski definition) is 2. The third kappa shape index (κ3) is 5.81. The maximum absolute atomic E-state index is 11.9. The molecule has 5 N–H and O–H groups in total. The molecule has 0 saturated carbocycles. The van der Waals surface area contributed by atoms with E-state index in [0.717, 1.165) is 5.69 Å². The minimum absolute atomic E-state index is 0.120. The summed E-state index contributed by atoms with van der Waals surface area (Å²) in [7, 11) is 0. The van der Waals surface area contributed by atoms with Gasteiger partial charge in [0, 0.05) is 28.1 Å². The molecule has 126 valence electrons. The van der Waals surface area contributed by atoms with Crippen LogP contribution in [0.3, 0.4) is 0 Å². The maximum atomic E-state index is 11.9. The van der Waals surface area contributed by atoms with Gasteiger partial charge in [-0.1, -0.05) is 11.6 Å². The molecule has 0 aliphatic carbocycles. The van der Waals surface area contributed by atoms with Gasteiger partial charge in [0.05, 0.1) is 0 Å². The zero-order valence-electron chi connectivity index (χ0n) is 13.5. The molecule has 24 heavy (non-hydrogen) atoms. The van der Waals surface area contributed by atoms with Gasteiger partial charge in [0.1, 0.15) is 0 Å². The van der Waals surface area contributed by atoms with Crippen molar-refractivity contribution < 1.29 is 4.79 Å². The molecule has 0 fully saturated rings. The van der Waals surface area contributed by atoms with Crippen molar-refractivity contribution >= 4 is 40.7 Å². The number of nitrogens with two attached hydrogens (primary N) is 1. The Bertz CT molecular complexity index is 711. The maximum Gasteiger partial charge on any atom is 0.323 e. The molecule has 0 bridgehead atoms. The standard InChI is InChI=1S/C17H20ClN5O/c1-11(2)20-16(19)21-13-7-9-15(10-8-13)23-17(24)22-14-5-3-12(18)4-6-14/h3-11H,1-2H3,(H3,19,20,21)(H2,22,23,24). The van der Waals surface area contributed by atoms with Crippen LogP contribution >= 0.6 is 11.6 Å². The number of nitrogens with one attached hydrogen (secondary N) is 3. The Morgan fingerprint density at radius 1 is 0.917 bits per heavy atom. The van der Waals surface area contributed by atoms with Crippen molar-refractivity contribution in [1.29, 1.82) is 0 Å². The number of hydrogen-bond donors (Lipinski definition) is 4. The molecule has 0 unspecified atom stereocenters. The van der Waals surface area contributed by atoms with E-state index in [0.29, 0.717) is 22.4 Å². The van der Waals surface area contributed by atoms with E-state index in [1.807, 2.05) is 13.8 Å². The van der Waals surface area contributed by atoms with Gasteiger partial charge in [0.2, 0.25) is 0 Å². The van der Waals surface area contributed by atoms with Gasteiger partial charge in [-0.05, 0) is 62.4 Å². The molecule has 0 saturated heterocycles. The Morgan fingerprint density at radius 2 is 1.33 bits per heavy atom. The lowest BCUT2D eigenvalue weighted by Gasteiger charge is -2.10.